The van der Waals surface area contributed by atoms with Crippen molar-refractivity contribution >= 4 is 41.4 Å². The van der Waals surface area contributed by atoms with Crippen LogP contribution in [0, 0.1) is 29.6 Å². The Morgan fingerprint density at radius 1 is 0.833 bits per heavy atom. The highest BCUT2D eigenvalue weighted by Crippen LogP contribution is 2.36. The Bertz CT molecular complexity index is 914. The smallest absolute Gasteiger partial charge is 0.326 e. The quantitative estimate of drug-likeness (QED) is 0.136. The predicted octanol–water partition coefficient (Wildman–Crippen LogP) is 2.31. The largest absolute Gasteiger partial charge is 0.480 e. The molecule has 242 valence electrons. The molecule has 0 bridgehead atoms. The number of thioether (sulfide) groups is 1. The molecule has 0 unspecified atom stereocenters. The van der Waals surface area contributed by atoms with E-state index in [1.807, 2.05) is 34.0 Å². The first-order valence-electron chi connectivity index (χ1n) is 15.2. The normalized spacial score (nSPS) is 20.5. The predicted molar refractivity (Wildman–Crippen MR) is 165 cm³/mol. The van der Waals surface area contributed by atoms with E-state index in [1.54, 1.807) is 13.8 Å². The Labute approximate surface area is 255 Å². The van der Waals surface area contributed by atoms with Gasteiger partial charge in [-0.1, -0.05) is 48.0 Å². The van der Waals surface area contributed by atoms with E-state index in [-0.39, 0.29) is 23.7 Å². The van der Waals surface area contributed by atoms with E-state index in [9.17, 15) is 34.2 Å². The standard InChI is InChI=1S/C30H54N4O7S/c1-16(2)14-23(26(36)20-10-9-11-21(20)27(37)34-25(18(5)6)30(40)41)33-28(38)22(12-13-42-8)32-29(39)24(15-17(3)4)31-19(7)35/h16-18,20-26,36H,9-15H2,1-8H3,(H,31,35)(H,32,39)(H,33,38)(H,34,37)(H,40,41)/t20-,21-,22+,23+,24+,25+,26+/m1/s1. The minimum absolute atomic E-state index is 0.116. The van der Waals surface area contributed by atoms with Crippen molar-refractivity contribution < 1.29 is 34.2 Å². The number of carbonyl (C=O) groups is 5. The third kappa shape index (κ3) is 12.5. The van der Waals surface area contributed by atoms with E-state index in [1.165, 1.54) is 18.7 Å². The molecular weight excluding hydrogens is 560 g/mol. The van der Waals surface area contributed by atoms with Crippen molar-refractivity contribution in [3.05, 3.63) is 0 Å². The Kier molecular flexibility index (Phi) is 16.5. The molecule has 12 heteroatoms. The zero-order valence-electron chi connectivity index (χ0n) is 26.6. The molecule has 1 aliphatic carbocycles. The summed E-state index contributed by atoms with van der Waals surface area (Å²) in [5.41, 5.74) is 0. The Morgan fingerprint density at radius 3 is 1.93 bits per heavy atom. The highest BCUT2D eigenvalue weighted by atomic mass is 32.2. The minimum atomic E-state index is -1.11. The maximum atomic E-state index is 13.6. The van der Waals surface area contributed by atoms with Gasteiger partial charge in [-0.05, 0) is 67.8 Å². The van der Waals surface area contributed by atoms with Gasteiger partial charge in [0.05, 0.1) is 12.1 Å². The average Bonchev–Trinajstić information content (AvgIpc) is 3.37. The van der Waals surface area contributed by atoms with Crippen LogP contribution in [0.1, 0.15) is 87.0 Å². The lowest BCUT2D eigenvalue weighted by Crippen LogP contribution is -2.57. The summed E-state index contributed by atoms with van der Waals surface area (Å²) in [6.45, 7) is 12.6. The van der Waals surface area contributed by atoms with E-state index in [0.717, 1.165) is 0 Å². The van der Waals surface area contributed by atoms with Crippen LogP contribution in [0.2, 0.25) is 0 Å². The van der Waals surface area contributed by atoms with Crippen molar-refractivity contribution in [3.8, 4) is 0 Å². The number of nitrogens with one attached hydrogen (secondary N) is 4. The number of rotatable bonds is 18. The molecule has 0 aromatic carbocycles. The van der Waals surface area contributed by atoms with Crippen molar-refractivity contribution in [3.63, 3.8) is 0 Å². The van der Waals surface area contributed by atoms with E-state index in [0.29, 0.717) is 44.3 Å². The molecule has 0 saturated heterocycles. The molecule has 0 aliphatic heterocycles. The van der Waals surface area contributed by atoms with Gasteiger partial charge in [-0.3, -0.25) is 19.2 Å². The maximum Gasteiger partial charge on any atom is 0.326 e. The van der Waals surface area contributed by atoms with Crippen molar-refractivity contribution in [2.45, 2.75) is 117 Å². The van der Waals surface area contributed by atoms with Gasteiger partial charge in [0.2, 0.25) is 23.6 Å². The van der Waals surface area contributed by atoms with E-state index in [2.05, 4.69) is 21.3 Å². The first-order valence-corrected chi connectivity index (χ1v) is 16.6. The number of carboxylic acid groups (broad SMARTS) is 1. The fourth-order valence-corrected chi connectivity index (χ4v) is 6.07. The fraction of sp³-hybridized carbons (Fsp3) is 0.833. The Hall–Kier alpha value is -2.34. The number of hydrogen-bond acceptors (Lipinski definition) is 7. The summed E-state index contributed by atoms with van der Waals surface area (Å²) in [6.07, 6.45) is 3.89. The lowest BCUT2D eigenvalue weighted by molar-refractivity contribution is -0.144. The van der Waals surface area contributed by atoms with Gasteiger partial charge in [-0.25, -0.2) is 4.79 Å². The van der Waals surface area contributed by atoms with Crippen LogP contribution < -0.4 is 21.3 Å². The number of aliphatic hydroxyl groups excluding tert-OH is 1. The van der Waals surface area contributed by atoms with Crippen LogP contribution in [0.15, 0.2) is 0 Å². The zero-order chi connectivity index (χ0) is 32.1. The third-order valence-electron chi connectivity index (χ3n) is 7.69. The molecule has 0 aromatic rings. The first-order chi connectivity index (χ1) is 19.6. The van der Waals surface area contributed by atoms with Gasteiger partial charge in [0.1, 0.15) is 18.1 Å². The lowest BCUT2D eigenvalue weighted by atomic mass is 9.83. The summed E-state index contributed by atoms with van der Waals surface area (Å²) in [6, 6.07) is -3.35. The van der Waals surface area contributed by atoms with Crippen LogP contribution in [0.25, 0.3) is 0 Å². The number of aliphatic carboxylic acids is 1. The van der Waals surface area contributed by atoms with Crippen LogP contribution in [0.4, 0.5) is 0 Å². The van der Waals surface area contributed by atoms with Gasteiger partial charge < -0.3 is 31.5 Å². The molecular formula is C30H54N4O7S. The zero-order valence-corrected chi connectivity index (χ0v) is 27.4. The van der Waals surface area contributed by atoms with E-state index < -0.39 is 65.8 Å². The second-order valence-electron chi connectivity index (χ2n) is 12.7. The van der Waals surface area contributed by atoms with Gasteiger partial charge >= 0.3 is 5.97 Å². The molecule has 1 saturated carbocycles. The lowest BCUT2D eigenvalue weighted by Gasteiger charge is -2.34. The number of aliphatic hydroxyl groups is 1. The van der Waals surface area contributed by atoms with Crippen LogP contribution in [-0.2, 0) is 24.0 Å². The average molecular weight is 615 g/mol. The summed E-state index contributed by atoms with van der Waals surface area (Å²) in [4.78, 5) is 63.3. The molecule has 1 aliphatic rings. The van der Waals surface area contributed by atoms with Crippen molar-refractivity contribution in [1.82, 2.24) is 21.3 Å². The highest BCUT2D eigenvalue weighted by Gasteiger charge is 2.42. The summed E-state index contributed by atoms with van der Waals surface area (Å²) in [5.74, 6) is -3.18. The van der Waals surface area contributed by atoms with Crippen molar-refractivity contribution in [2.24, 2.45) is 29.6 Å². The van der Waals surface area contributed by atoms with Crippen molar-refractivity contribution in [1.29, 1.82) is 0 Å². The molecule has 0 aromatic heterocycles. The Morgan fingerprint density at radius 2 is 1.43 bits per heavy atom. The number of hydrogen-bond donors (Lipinski definition) is 6. The number of carbonyl (C=O) groups excluding carboxylic acids is 4. The second-order valence-corrected chi connectivity index (χ2v) is 13.7. The van der Waals surface area contributed by atoms with E-state index in [4.69, 9.17) is 0 Å². The first kappa shape index (κ1) is 37.7. The van der Waals surface area contributed by atoms with E-state index >= 15 is 0 Å². The minimum Gasteiger partial charge on any atom is -0.480 e. The third-order valence-corrected chi connectivity index (χ3v) is 8.33. The molecule has 4 amide bonds. The van der Waals surface area contributed by atoms with Gasteiger partial charge in [0, 0.05) is 12.8 Å². The molecule has 6 N–H and O–H groups in total. The monoisotopic (exact) mass is 614 g/mol. The molecule has 0 spiro atoms. The van der Waals surface area contributed by atoms with Crippen LogP contribution in [-0.4, -0.2) is 82.1 Å². The molecule has 7 atom stereocenters. The number of carboxylic acids is 1. The van der Waals surface area contributed by atoms with Gasteiger partial charge in [-0.15, -0.1) is 0 Å². The molecule has 0 radical (unpaired) electrons. The van der Waals surface area contributed by atoms with Gasteiger partial charge in [0.15, 0.2) is 0 Å². The van der Waals surface area contributed by atoms with Gasteiger partial charge in [-0.2, -0.15) is 11.8 Å². The van der Waals surface area contributed by atoms with Gasteiger partial charge in [0.25, 0.3) is 0 Å². The van der Waals surface area contributed by atoms with Crippen LogP contribution in [0.3, 0.4) is 0 Å². The maximum absolute atomic E-state index is 13.6. The topological polar surface area (TPSA) is 174 Å². The summed E-state index contributed by atoms with van der Waals surface area (Å²) < 4.78 is 0. The SMILES string of the molecule is CSCC[C@H](NC(=O)[C@H](CC(C)C)NC(C)=O)C(=O)N[C@@H](CC(C)C)[C@@H](O)[C@@H]1CCC[C@H]1C(=O)N[C@H](C(=O)O)C(C)C. The fourth-order valence-electron chi connectivity index (χ4n) is 5.60. The highest BCUT2D eigenvalue weighted by molar-refractivity contribution is 7.98. The number of amides is 4. The van der Waals surface area contributed by atoms with Crippen LogP contribution in [0.5, 0.6) is 0 Å². The summed E-state index contributed by atoms with van der Waals surface area (Å²) in [7, 11) is 0. The second kappa shape index (κ2) is 18.4. The summed E-state index contributed by atoms with van der Waals surface area (Å²) >= 11 is 1.54. The van der Waals surface area contributed by atoms with Crippen LogP contribution >= 0.6 is 11.8 Å². The summed E-state index contributed by atoms with van der Waals surface area (Å²) in [5, 5.41) is 32.2. The van der Waals surface area contributed by atoms with Crippen molar-refractivity contribution in [2.75, 3.05) is 12.0 Å². The molecule has 1 rings (SSSR count). The molecule has 0 heterocycles. The molecule has 11 nitrogen and oxygen atoms in total. The molecule has 1 fully saturated rings. The Balaban J connectivity index is 3.14. The molecule has 42 heavy (non-hydrogen) atoms.